The molecule has 0 amide bonds. The molecule has 72 valence electrons. The van der Waals surface area contributed by atoms with Crippen molar-refractivity contribution in [1.29, 1.82) is 0 Å². The molecule has 0 heterocycles. The average molecular weight is 168 g/mol. The van der Waals surface area contributed by atoms with Gasteiger partial charge >= 0.3 is 0 Å². The van der Waals surface area contributed by atoms with Crippen molar-refractivity contribution in [3.8, 4) is 0 Å². The molecule has 0 radical (unpaired) electrons. The van der Waals surface area contributed by atoms with E-state index >= 15 is 0 Å². The van der Waals surface area contributed by atoms with E-state index in [1.807, 2.05) is 0 Å². The van der Waals surface area contributed by atoms with Gasteiger partial charge in [-0.3, -0.25) is 0 Å². The lowest BCUT2D eigenvalue weighted by Gasteiger charge is -2.37. The minimum Gasteiger partial charge on any atom is -0.0651 e. The van der Waals surface area contributed by atoms with E-state index in [1.54, 1.807) is 0 Å². The molecule has 0 spiro atoms. The molecule has 0 heteroatoms. The highest BCUT2D eigenvalue weighted by Gasteiger charge is 2.29. The topological polar surface area (TPSA) is 0 Å². The highest BCUT2D eigenvalue weighted by atomic mass is 14.3. The van der Waals surface area contributed by atoms with Gasteiger partial charge in [0.15, 0.2) is 0 Å². The van der Waals surface area contributed by atoms with Crippen molar-refractivity contribution in [2.45, 2.75) is 59.3 Å². The van der Waals surface area contributed by atoms with Crippen LogP contribution < -0.4 is 0 Å². The average Bonchev–Trinajstić information content (AvgIpc) is 2.16. The van der Waals surface area contributed by atoms with Gasteiger partial charge in [-0.05, 0) is 17.8 Å². The molecule has 2 atom stereocenters. The molecule has 12 heavy (non-hydrogen) atoms. The molecule has 0 saturated heterocycles. The molecule has 0 N–H and O–H groups in total. The third-order valence-corrected chi connectivity index (χ3v) is 3.88. The van der Waals surface area contributed by atoms with Crippen molar-refractivity contribution >= 4 is 0 Å². The minimum atomic E-state index is 1.05. The maximum absolute atomic E-state index is 2.38. The molecule has 1 rings (SSSR count). The van der Waals surface area contributed by atoms with E-state index in [0.717, 1.165) is 17.8 Å². The van der Waals surface area contributed by atoms with E-state index in [0.29, 0.717) is 0 Å². The smallest absolute Gasteiger partial charge is 0.0360 e. The number of hydrogen-bond acceptors (Lipinski definition) is 0. The Bertz CT molecular complexity index is 105. The Morgan fingerprint density at radius 2 is 1.33 bits per heavy atom. The van der Waals surface area contributed by atoms with E-state index in [9.17, 15) is 0 Å². The molecule has 0 aromatic carbocycles. The standard InChI is InChI=1S/C12H24/c1-4-10-8-7-9-11(5-2)12(10)6-3/h10-12H,4-9H2,1-3H3. The van der Waals surface area contributed by atoms with Crippen molar-refractivity contribution in [1.82, 2.24) is 0 Å². The van der Waals surface area contributed by atoms with E-state index < -0.39 is 0 Å². The predicted molar refractivity (Wildman–Crippen MR) is 55.2 cm³/mol. The Morgan fingerprint density at radius 1 is 0.833 bits per heavy atom. The second-order valence-electron chi connectivity index (χ2n) is 4.34. The quantitative estimate of drug-likeness (QED) is 0.591. The van der Waals surface area contributed by atoms with Crippen LogP contribution in [0.3, 0.4) is 0 Å². The zero-order valence-electron chi connectivity index (χ0n) is 8.97. The summed E-state index contributed by atoms with van der Waals surface area (Å²) in [4.78, 5) is 0. The fraction of sp³-hybridized carbons (Fsp3) is 1.00. The lowest BCUT2D eigenvalue weighted by atomic mass is 9.69. The van der Waals surface area contributed by atoms with Gasteiger partial charge in [0.1, 0.15) is 0 Å². The van der Waals surface area contributed by atoms with Crippen LogP contribution in [0.15, 0.2) is 0 Å². The van der Waals surface area contributed by atoms with Crippen LogP contribution in [0.2, 0.25) is 0 Å². The summed E-state index contributed by atoms with van der Waals surface area (Å²) in [5.41, 5.74) is 0. The molecule has 2 unspecified atom stereocenters. The third kappa shape index (κ3) is 2.02. The van der Waals surface area contributed by atoms with Gasteiger partial charge in [0.25, 0.3) is 0 Å². The predicted octanol–water partition coefficient (Wildman–Crippen LogP) is 4.25. The highest BCUT2D eigenvalue weighted by molar-refractivity contribution is 4.79. The Kier molecular flexibility index (Phi) is 4.11. The third-order valence-electron chi connectivity index (χ3n) is 3.88. The first-order chi connectivity index (χ1) is 5.83. The van der Waals surface area contributed by atoms with Crippen LogP contribution in [-0.4, -0.2) is 0 Å². The van der Waals surface area contributed by atoms with Crippen LogP contribution >= 0.6 is 0 Å². The lowest BCUT2D eigenvalue weighted by molar-refractivity contribution is 0.139. The molecular weight excluding hydrogens is 144 g/mol. The van der Waals surface area contributed by atoms with Gasteiger partial charge < -0.3 is 0 Å². The normalized spacial score (nSPS) is 36.8. The first kappa shape index (κ1) is 10.1. The number of hydrogen-bond donors (Lipinski definition) is 0. The summed E-state index contributed by atoms with van der Waals surface area (Å²) in [5.74, 6) is 3.15. The molecule has 0 aliphatic heterocycles. The van der Waals surface area contributed by atoms with Crippen molar-refractivity contribution in [3.05, 3.63) is 0 Å². The van der Waals surface area contributed by atoms with E-state index in [2.05, 4.69) is 20.8 Å². The van der Waals surface area contributed by atoms with Crippen LogP contribution in [0.25, 0.3) is 0 Å². The Hall–Kier alpha value is 0. The van der Waals surface area contributed by atoms with Crippen LogP contribution in [0, 0.1) is 17.8 Å². The van der Waals surface area contributed by atoms with Crippen molar-refractivity contribution < 1.29 is 0 Å². The summed E-state index contributed by atoms with van der Waals surface area (Å²) in [6.07, 6.45) is 8.74. The SMILES string of the molecule is CCC1CCCC(CC)C1CC. The monoisotopic (exact) mass is 168 g/mol. The van der Waals surface area contributed by atoms with Gasteiger partial charge in [0.05, 0.1) is 0 Å². The minimum absolute atomic E-state index is 1.05. The maximum Gasteiger partial charge on any atom is -0.0360 e. The van der Waals surface area contributed by atoms with Crippen LogP contribution in [0.5, 0.6) is 0 Å². The zero-order chi connectivity index (χ0) is 8.97. The van der Waals surface area contributed by atoms with Crippen molar-refractivity contribution in [2.75, 3.05) is 0 Å². The van der Waals surface area contributed by atoms with Gasteiger partial charge in [0, 0.05) is 0 Å². The van der Waals surface area contributed by atoms with Crippen LogP contribution in [-0.2, 0) is 0 Å². The Balaban J connectivity index is 2.52. The van der Waals surface area contributed by atoms with E-state index in [-0.39, 0.29) is 0 Å². The van der Waals surface area contributed by atoms with Gasteiger partial charge in [-0.1, -0.05) is 59.3 Å². The zero-order valence-corrected chi connectivity index (χ0v) is 8.97. The summed E-state index contributed by atoms with van der Waals surface area (Å²) in [5, 5.41) is 0. The first-order valence-electron chi connectivity index (χ1n) is 5.83. The van der Waals surface area contributed by atoms with Gasteiger partial charge in [-0.2, -0.15) is 0 Å². The molecule has 1 aliphatic rings. The number of rotatable bonds is 3. The van der Waals surface area contributed by atoms with Crippen molar-refractivity contribution in [3.63, 3.8) is 0 Å². The van der Waals surface area contributed by atoms with E-state index in [4.69, 9.17) is 0 Å². The fourth-order valence-electron chi connectivity index (χ4n) is 3.14. The van der Waals surface area contributed by atoms with Gasteiger partial charge in [0.2, 0.25) is 0 Å². The summed E-state index contributed by atoms with van der Waals surface area (Å²) >= 11 is 0. The Morgan fingerprint density at radius 3 is 1.67 bits per heavy atom. The highest BCUT2D eigenvalue weighted by Crippen LogP contribution is 2.39. The molecule has 0 aromatic heterocycles. The second kappa shape index (κ2) is 4.89. The summed E-state index contributed by atoms with van der Waals surface area (Å²) < 4.78 is 0. The Labute approximate surface area is 77.7 Å². The largest absolute Gasteiger partial charge is 0.0651 e. The molecule has 0 bridgehead atoms. The van der Waals surface area contributed by atoms with Crippen LogP contribution in [0.4, 0.5) is 0 Å². The maximum atomic E-state index is 2.38. The summed E-state index contributed by atoms with van der Waals surface area (Å²) in [7, 11) is 0. The van der Waals surface area contributed by atoms with E-state index in [1.165, 1.54) is 38.5 Å². The molecule has 1 aliphatic carbocycles. The molecule has 0 aromatic rings. The fourth-order valence-corrected chi connectivity index (χ4v) is 3.14. The van der Waals surface area contributed by atoms with Crippen molar-refractivity contribution in [2.24, 2.45) is 17.8 Å². The van der Waals surface area contributed by atoms with Crippen LogP contribution in [0.1, 0.15) is 59.3 Å². The molecule has 0 nitrogen and oxygen atoms in total. The second-order valence-corrected chi connectivity index (χ2v) is 4.34. The summed E-state index contributed by atoms with van der Waals surface area (Å²) in [6, 6.07) is 0. The van der Waals surface area contributed by atoms with Gasteiger partial charge in [-0.25, -0.2) is 0 Å². The van der Waals surface area contributed by atoms with Gasteiger partial charge in [-0.15, -0.1) is 0 Å². The molecular formula is C12H24. The molecule has 1 saturated carbocycles. The lowest BCUT2D eigenvalue weighted by Crippen LogP contribution is -2.27. The molecule has 1 fully saturated rings. The summed E-state index contributed by atoms with van der Waals surface area (Å²) in [6.45, 7) is 7.11. The first-order valence-corrected chi connectivity index (χ1v) is 5.83.